The summed E-state index contributed by atoms with van der Waals surface area (Å²) in [6.45, 7) is 5.42. The zero-order chi connectivity index (χ0) is 23.1. The molecule has 0 radical (unpaired) electrons. The molecule has 0 saturated heterocycles. The Morgan fingerprint density at radius 2 is 1.69 bits per heavy atom. The molecule has 0 N–H and O–H groups in total. The number of ether oxygens (including phenoxy) is 1. The van der Waals surface area contributed by atoms with Crippen LogP contribution in [-0.2, 0) is 12.8 Å². The van der Waals surface area contributed by atoms with Gasteiger partial charge < -0.3 is 4.74 Å². The van der Waals surface area contributed by atoms with Crippen molar-refractivity contribution in [2.75, 3.05) is 0 Å². The van der Waals surface area contributed by atoms with Crippen molar-refractivity contribution in [1.82, 2.24) is 0 Å². The molecule has 0 unspecified atom stereocenters. The van der Waals surface area contributed by atoms with Gasteiger partial charge in [-0.3, -0.25) is 0 Å². The summed E-state index contributed by atoms with van der Waals surface area (Å²) in [6.07, 6.45) is 6.67. The number of carbonyl (C=O) groups is 1. The van der Waals surface area contributed by atoms with Crippen molar-refractivity contribution in [3.05, 3.63) is 114 Å². The van der Waals surface area contributed by atoms with Crippen LogP contribution in [0.5, 0.6) is 5.75 Å². The first-order valence-electron chi connectivity index (χ1n) is 10.2. The van der Waals surface area contributed by atoms with Crippen LogP contribution in [-0.4, -0.2) is 5.97 Å². The monoisotopic (exact) mass is 436 g/mol. The van der Waals surface area contributed by atoms with Gasteiger partial charge in [0.15, 0.2) is 11.6 Å². The van der Waals surface area contributed by atoms with Gasteiger partial charge in [0.05, 0.1) is 5.56 Å². The SMILES string of the molecule is C=CCCc1ccc(C(=O)Oc2ccc(-c3ccc(C/C=C/C)c(F)c3F)cc2)cc1F. The Morgan fingerprint density at radius 3 is 2.34 bits per heavy atom. The van der Waals surface area contributed by atoms with Crippen molar-refractivity contribution in [2.24, 2.45) is 0 Å². The normalized spacial score (nSPS) is 11.0. The highest BCUT2D eigenvalue weighted by Crippen LogP contribution is 2.28. The highest BCUT2D eigenvalue weighted by atomic mass is 19.2. The van der Waals surface area contributed by atoms with Gasteiger partial charge in [-0.25, -0.2) is 18.0 Å². The summed E-state index contributed by atoms with van der Waals surface area (Å²) >= 11 is 0. The lowest BCUT2D eigenvalue weighted by Gasteiger charge is -2.09. The summed E-state index contributed by atoms with van der Waals surface area (Å²) in [4.78, 5) is 12.3. The Morgan fingerprint density at radius 1 is 0.969 bits per heavy atom. The maximum atomic E-state index is 14.5. The highest BCUT2D eigenvalue weighted by molar-refractivity contribution is 5.91. The van der Waals surface area contributed by atoms with Crippen molar-refractivity contribution < 1.29 is 22.7 Å². The molecular weight excluding hydrogens is 413 g/mol. The maximum Gasteiger partial charge on any atom is 0.343 e. The third-order valence-corrected chi connectivity index (χ3v) is 5.02. The molecular formula is C27H23F3O2. The van der Waals surface area contributed by atoms with E-state index in [4.69, 9.17) is 4.74 Å². The van der Waals surface area contributed by atoms with Gasteiger partial charge in [-0.15, -0.1) is 6.58 Å². The number of allylic oxidation sites excluding steroid dienone is 3. The fraction of sp³-hybridized carbons (Fsp3) is 0.148. The Labute approximate surface area is 185 Å². The molecule has 0 amide bonds. The van der Waals surface area contributed by atoms with Gasteiger partial charge in [0, 0.05) is 5.56 Å². The molecule has 0 saturated carbocycles. The van der Waals surface area contributed by atoms with Crippen molar-refractivity contribution in [3.63, 3.8) is 0 Å². The minimum atomic E-state index is -0.927. The average Bonchev–Trinajstić information content (AvgIpc) is 2.80. The Bertz CT molecular complexity index is 1150. The Kier molecular flexibility index (Phi) is 7.66. The van der Waals surface area contributed by atoms with E-state index in [-0.39, 0.29) is 22.4 Å². The van der Waals surface area contributed by atoms with E-state index in [0.717, 1.165) is 6.07 Å². The molecule has 5 heteroatoms. The van der Waals surface area contributed by atoms with E-state index in [1.807, 2.05) is 6.92 Å². The van der Waals surface area contributed by atoms with Crippen LogP contribution in [0.15, 0.2) is 79.4 Å². The number of rotatable bonds is 8. The fourth-order valence-electron chi connectivity index (χ4n) is 3.22. The van der Waals surface area contributed by atoms with E-state index in [1.165, 1.54) is 36.4 Å². The van der Waals surface area contributed by atoms with Gasteiger partial charge in [0.2, 0.25) is 0 Å². The second kappa shape index (κ2) is 10.6. The largest absolute Gasteiger partial charge is 0.423 e. The fourth-order valence-corrected chi connectivity index (χ4v) is 3.22. The minimum absolute atomic E-state index is 0.0822. The van der Waals surface area contributed by atoms with Crippen LogP contribution < -0.4 is 4.74 Å². The maximum absolute atomic E-state index is 14.5. The predicted octanol–water partition coefficient (Wildman–Crippen LogP) is 7.23. The zero-order valence-corrected chi connectivity index (χ0v) is 17.7. The quantitative estimate of drug-likeness (QED) is 0.212. The lowest BCUT2D eigenvalue weighted by atomic mass is 10.0. The van der Waals surface area contributed by atoms with Gasteiger partial charge in [-0.2, -0.15) is 0 Å². The lowest BCUT2D eigenvalue weighted by molar-refractivity contribution is 0.0734. The van der Waals surface area contributed by atoms with Crippen LogP contribution in [0.4, 0.5) is 13.2 Å². The Balaban J connectivity index is 1.74. The molecule has 0 bridgehead atoms. The smallest absolute Gasteiger partial charge is 0.343 e. The topological polar surface area (TPSA) is 26.3 Å². The number of benzene rings is 3. The van der Waals surface area contributed by atoms with E-state index in [9.17, 15) is 18.0 Å². The summed E-state index contributed by atoms with van der Waals surface area (Å²) in [7, 11) is 0. The zero-order valence-electron chi connectivity index (χ0n) is 17.7. The molecule has 164 valence electrons. The number of carbonyl (C=O) groups excluding carboxylic acids is 1. The van der Waals surface area contributed by atoms with E-state index in [0.29, 0.717) is 30.4 Å². The molecule has 2 nitrogen and oxygen atoms in total. The molecule has 0 aromatic heterocycles. The van der Waals surface area contributed by atoms with Gasteiger partial charge in [0.1, 0.15) is 11.6 Å². The molecule has 0 aliphatic carbocycles. The first-order chi connectivity index (χ1) is 15.4. The first kappa shape index (κ1) is 23.1. The van der Waals surface area contributed by atoms with Gasteiger partial charge in [-0.05, 0) is 67.1 Å². The lowest BCUT2D eigenvalue weighted by Crippen LogP contribution is -2.09. The summed E-state index contributed by atoms with van der Waals surface area (Å²) in [5.74, 6) is -2.79. The number of hydrogen-bond acceptors (Lipinski definition) is 2. The van der Waals surface area contributed by atoms with E-state index in [1.54, 1.807) is 30.4 Å². The van der Waals surface area contributed by atoms with Crippen molar-refractivity contribution >= 4 is 5.97 Å². The molecule has 0 spiro atoms. The Hall–Kier alpha value is -3.60. The number of aryl methyl sites for hydroxylation is 1. The molecule has 0 heterocycles. The summed E-state index contributed by atoms with van der Waals surface area (Å²) in [6, 6.07) is 13.3. The van der Waals surface area contributed by atoms with Crippen LogP contribution in [0, 0.1) is 17.5 Å². The van der Waals surface area contributed by atoms with Crippen molar-refractivity contribution in [3.8, 4) is 16.9 Å². The molecule has 32 heavy (non-hydrogen) atoms. The van der Waals surface area contributed by atoms with E-state index in [2.05, 4.69) is 6.58 Å². The van der Waals surface area contributed by atoms with Crippen LogP contribution >= 0.6 is 0 Å². The van der Waals surface area contributed by atoms with Gasteiger partial charge in [0.25, 0.3) is 0 Å². The number of halogens is 3. The second-order valence-corrected chi connectivity index (χ2v) is 7.22. The van der Waals surface area contributed by atoms with E-state index < -0.39 is 23.4 Å². The van der Waals surface area contributed by atoms with Crippen molar-refractivity contribution in [1.29, 1.82) is 0 Å². The average molecular weight is 436 g/mol. The predicted molar refractivity (Wildman–Crippen MR) is 120 cm³/mol. The summed E-state index contributed by atoms with van der Waals surface area (Å²) in [5, 5.41) is 0. The molecule has 3 aromatic carbocycles. The third-order valence-electron chi connectivity index (χ3n) is 5.02. The molecule has 0 aliphatic rings. The summed E-state index contributed by atoms with van der Waals surface area (Å²) < 4.78 is 48.3. The van der Waals surface area contributed by atoms with Crippen molar-refractivity contribution in [2.45, 2.75) is 26.2 Å². The molecule has 0 atom stereocenters. The molecule has 0 aliphatic heterocycles. The second-order valence-electron chi connectivity index (χ2n) is 7.22. The highest BCUT2D eigenvalue weighted by Gasteiger charge is 2.15. The molecule has 0 fully saturated rings. The minimum Gasteiger partial charge on any atom is -0.423 e. The standard InChI is InChI=1S/C27H23F3O2/c1-3-5-7-19-9-10-21(17-24(19)28)27(31)32-22-14-11-18(12-15-22)23-16-13-20(8-6-4-2)25(29)26(23)30/h3-4,6,9-17H,1,5,7-8H2,2H3/b6-4+. The van der Waals surface area contributed by atoms with E-state index >= 15 is 0 Å². The number of hydrogen-bond donors (Lipinski definition) is 0. The van der Waals surface area contributed by atoms with Crippen LogP contribution in [0.1, 0.15) is 34.8 Å². The van der Waals surface area contributed by atoms with Gasteiger partial charge >= 0.3 is 5.97 Å². The van der Waals surface area contributed by atoms with Crippen LogP contribution in [0.2, 0.25) is 0 Å². The third kappa shape index (κ3) is 5.35. The van der Waals surface area contributed by atoms with Crippen LogP contribution in [0.3, 0.4) is 0 Å². The molecule has 3 aromatic rings. The van der Waals surface area contributed by atoms with Gasteiger partial charge in [-0.1, -0.05) is 48.6 Å². The summed E-state index contributed by atoms with van der Waals surface area (Å²) in [5.41, 5.74) is 1.41. The van der Waals surface area contributed by atoms with Crippen LogP contribution in [0.25, 0.3) is 11.1 Å². The molecule has 3 rings (SSSR count). The number of esters is 1. The first-order valence-corrected chi connectivity index (χ1v) is 10.2.